The molecule has 0 saturated carbocycles. The number of carbonyl (C=O) groups is 2. The zero-order valence-electron chi connectivity index (χ0n) is 18.0. The third-order valence-electron chi connectivity index (χ3n) is 5.37. The first kappa shape index (κ1) is 21.9. The fourth-order valence-corrected chi connectivity index (χ4v) is 4.86. The van der Waals surface area contributed by atoms with Crippen molar-refractivity contribution in [3.8, 4) is 0 Å². The molecule has 4 aromatic rings. The number of thioether (sulfide) groups is 1. The van der Waals surface area contributed by atoms with Gasteiger partial charge in [0.2, 0.25) is 11.8 Å². The maximum absolute atomic E-state index is 13.3. The molecule has 1 aliphatic rings. The summed E-state index contributed by atoms with van der Waals surface area (Å²) in [6.45, 7) is 0.196. The molecule has 0 radical (unpaired) electrons. The molecule has 1 aliphatic heterocycles. The van der Waals surface area contributed by atoms with Crippen LogP contribution in [0.15, 0.2) is 94.5 Å². The zero-order valence-corrected chi connectivity index (χ0v) is 18.8. The van der Waals surface area contributed by atoms with Crippen molar-refractivity contribution in [1.82, 2.24) is 4.90 Å². The Balaban J connectivity index is 1.33. The molecule has 0 spiro atoms. The van der Waals surface area contributed by atoms with Crippen molar-refractivity contribution in [3.63, 3.8) is 0 Å². The molecule has 1 saturated heterocycles. The van der Waals surface area contributed by atoms with Crippen LogP contribution in [0.2, 0.25) is 0 Å². The van der Waals surface area contributed by atoms with Gasteiger partial charge in [-0.15, -0.1) is 0 Å². The minimum atomic E-state index is -0.630. The molecule has 170 valence electrons. The highest BCUT2D eigenvalue weighted by Gasteiger charge is 2.39. The van der Waals surface area contributed by atoms with E-state index in [1.165, 1.54) is 47.2 Å². The van der Waals surface area contributed by atoms with Gasteiger partial charge in [0.15, 0.2) is 5.17 Å². The van der Waals surface area contributed by atoms with E-state index in [0.29, 0.717) is 22.3 Å². The first-order valence-corrected chi connectivity index (χ1v) is 11.6. The molecular weight excluding hydrogens is 453 g/mol. The van der Waals surface area contributed by atoms with Gasteiger partial charge in [0, 0.05) is 12.1 Å². The number of fused-ring (bicyclic) bond motifs is 1. The average Bonchev–Trinajstić information content (AvgIpc) is 3.45. The minimum absolute atomic E-state index is 0.00653. The molecule has 1 N–H and O–H groups in total. The van der Waals surface area contributed by atoms with E-state index in [-0.39, 0.29) is 30.6 Å². The van der Waals surface area contributed by atoms with E-state index in [9.17, 15) is 14.0 Å². The summed E-state index contributed by atoms with van der Waals surface area (Å²) in [7, 11) is 0. The summed E-state index contributed by atoms with van der Waals surface area (Å²) in [5.74, 6) is -0.255. The Hall–Kier alpha value is -3.91. The van der Waals surface area contributed by atoms with Gasteiger partial charge in [-0.1, -0.05) is 42.1 Å². The summed E-state index contributed by atoms with van der Waals surface area (Å²) in [5.41, 5.74) is 1.19. The highest BCUT2D eigenvalue weighted by atomic mass is 32.2. The van der Waals surface area contributed by atoms with Gasteiger partial charge in [-0.3, -0.25) is 14.5 Å². The lowest BCUT2D eigenvalue weighted by molar-refractivity contribution is -0.128. The van der Waals surface area contributed by atoms with Crippen LogP contribution in [-0.4, -0.2) is 27.1 Å². The summed E-state index contributed by atoms with van der Waals surface area (Å²) in [6, 6.07) is 22.8. The Labute approximate surface area is 199 Å². The Morgan fingerprint density at radius 3 is 2.59 bits per heavy atom. The fraction of sp³-hybridized carbons (Fsp3) is 0.115. The second-order valence-corrected chi connectivity index (χ2v) is 8.97. The number of benzene rings is 3. The van der Waals surface area contributed by atoms with Gasteiger partial charge in [-0.25, -0.2) is 9.38 Å². The number of rotatable bonds is 6. The zero-order chi connectivity index (χ0) is 23.5. The second kappa shape index (κ2) is 9.52. The van der Waals surface area contributed by atoms with Crippen LogP contribution in [-0.2, 0) is 16.1 Å². The number of carbonyl (C=O) groups excluding carboxylic acids is 2. The lowest BCUT2D eigenvalue weighted by Gasteiger charge is -2.15. The number of amides is 2. The summed E-state index contributed by atoms with van der Waals surface area (Å²) < 4.78 is 18.7. The summed E-state index contributed by atoms with van der Waals surface area (Å²) >= 11 is 1.22. The third kappa shape index (κ3) is 4.87. The molecule has 0 unspecified atom stereocenters. The van der Waals surface area contributed by atoms with E-state index in [1.54, 1.807) is 12.1 Å². The number of halogens is 1. The molecule has 2 amide bonds. The van der Waals surface area contributed by atoms with Crippen molar-refractivity contribution in [3.05, 3.63) is 96.7 Å². The van der Waals surface area contributed by atoms with Gasteiger partial charge in [-0.05, 0) is 59.3 Å². The SMILES string of the molecule is O=C(C[C@@H]1SC(=Nc2ccc(F)cc2)N(Cc2ccco2)C1=O)Nc1ccc2ccccc2c1. The van der Waals surface area contributed by atoms with Gasteiger partial charge in [0.1, 0.15) is 16.8 Å². The predicted octanol–water partition coefficient (Wildman–Crippen LogP) is 5.73. The van der Waals surface area contributed by atoms with E-state index in [0.717, 1.165) is 10.8 Å². The van der Waals surface area contributed by atoms with Gasteiger partial charge >= 0.3 is 0 Å². The lowest BCUT2D eigenvalue weighted by Crippen LogP contribution is -2.33. The van der Waals surface area contributed by atoms with Crippen molar-refractivity contribution in [2.45, 2.75) is 18.2 Å². The van der Waals surface area contributed by atoms with Crippen LogP contribution >= 0.6 is 11.8 Å². The van der Waals surface area contributed by atoms with E-state index in [4.69, 9.17) is 4.42 Å². The maximum atomic E-state index is 13.3. The Morgan fingerprint density at radius 2 is 1.82 bits per heavy atom. The third-order valence-corrected chi connectivity index (χ3v) is 6.54. The number of hydrogen-bond donors (Lipinski definition) is 1. The lowest BCUT2D eigenvalue weighted by atomic mass is 10.1. The van der Waals surface area contributed by atoms with Crippen LogP contribution in [0.4, 0.5) is 15.8 Å². The summed E-state index contributed by atoms with van der Waals surface area (Å²) in [4.78, 5) is 32.0. The molecule has 0 aliphatic carbocycles. The van der Waals surface area contributed by atoms with Gasteiger partial charge in [0.25, 0.3) is 0 Å². The van der Waals surface area contributed by atoms with Crippen molar-refractivity contribution >= 4 is 50.9 Å². The van der Waals surface area contributed by atoms with E-state index in [2.05, 4.69) is 10.3 Å². The average molecular weight is 474 g/mol. The van der Waals surface area contributed by atoms with Crippen molar-refractivity contribution in [1.29, 1.82) is 0 Å². The minimum Gasteiger partial charge on any atom is -0.467 e. The summed E-state index contributed by atoms with van der Waals surface area (Å²) in [5, 5.41) is 4.80. The number of furan rings is 1. The van der Waals surface area contributed by atoms with Gasteiger partial charge in [-0.2, -0.15) is 0 Å². The van der Waals surface area contributed by atoms with Crippen LogP contribution in [0.3, 0.4) is 0 Å². The molecule has 5 rings (SSSR count). The number of nitrogens with one attached hydrogen (secondary N) is 1. The topological polar surface area (TPSA) is 74.9 Å². The smallest absolute Gasteiger partial charge is 0.243 e. The highest BCUT2D eigenvalue weighted by molar-refractivity contribution is 8.15. The van der Waals surface area contributed by atoms with Crippen LogP contribution in [0.25, 0.3) is 10.8 Å². The van der Waals surface area contributed by atoms with Gasteiger partial charge < -0.3 is 9.73 Å². The maximum Gasteiger partial charge on any atom is 0.243 e. The molecule has 2 heterocycles. The highest BCUT2D eigenvalue weighted by Crippen LogP contribution is 2.33. The molecule has 6 nitrogen and oxygen atoms in total. The number of nitrogens with zero attached hydrogens (tertiary/aromatic N) is 2. The van der Waals surface area contributed by atoms with Crippen molar-refractivity contribution < 1.29 is 18.4 Å². The van der Waals surface area contributed by atoms with E-state index >= 15 is 0 Å². The molecule has 1 aromatic heterocycles. The Bertz CT molecular complexity index is 1370. The van der Waals surface area contributed by atoms with Crippen molar-refractivity contribution in [2.75, 3.05) is 5.32 Å². The Kier molecular flexibility index (Phi) is 6.14. The normalized spacial score (nSPS) is 17.0. The molecule has 1 atom stereocenters. The molecular formula is C26H20FN3O3S. The molecule has 34 heavy (non-hydrogen) atoms. The van der Waals surface area contributed by atoms with Gasteiger partial charge in [0.05, 0.1) is 18.5 Å². The standard InChI is InChI=1S/C26H20FN3O3S/c27-19-8-11-20(12-9-19)29-26-30(16-22-6-3-13-33-22)25(32)23(34-26)15-24(31)28-21-10-7-17-4-1-2-5-18(17)14-21/h1-14,23H,15-16H2,(H,28,31)/t23-/m0/s1. The van der Waals surface area contributed by atoms with E-state index in [1.807, 2.05) is 42.5 Å². The second-order valence-electron chi connectivity index (χ2n) is 7.80. The van der Waals surface area contributed by atoms with Crippen molar-refractivity contribution in [2.24, 2.45) is 4.99 Å². The first-order chi connectivity index (χ1) is 16.5. The number of aliphatic imine (C=N–C) groups is 1. The first-order valence-electron chi connectivity index (χ1n) is 10.7. The number of anilines is 1. The predicted molar refractivity (Wildman–Crippen MR) is 131 cm³/mol. The largest absolute Gasteiger partial charge is 0.467 e. The summed E-state index contributed by atoms with van der Waals surface area (Å²) in [6.07, 6.45) is 1.53. The number of hydrogen-bond acceptors (Lipinski definition) is 5. The molecule has 0 bridgehead atoms. The monoisotopic (exact) mass is 473 g/mol. The number of amidine groups is 1. The molecule has 8 heteroatoms. The molecule has 3 aromatic carbocycles. The van der Waals surface area contributed by atoms with E-state index < -0.39 is 5.25 Å². The fourth-order valence-electron chi connectivity index (χ4n) is 3.70. The van der Waals surface area contributed by atoms with Crippen LogP contribution < -0.4 is 5.32 Å². The van der Waals surface area contributed by atoms with Crippen LogP contribution in [0.1, 0.15) is 12.2 Å². The quantitative estimate of drug-likeness (QED) is 0.388. The van der Waals surface area contributed by atoms with Crippen LogP contribution in [0, 0.1) is 5.82 Å². The van der Waals surface area contributed by atoms with Crippen LogP contribution in [0.5, 0.6) is 0 Å². The molecule has 1 fully saturated rings. The Morgan fingerprint density at radius 1 is 1.03 bits per heavy atom.